The van der Waals surface area contributed by atoms with Gasteiger partial charge in [0.1, 0.15) is 0 Å². The number of hydrogen-bond donors (Lipinski definition) is 2. The second-order valence-corrected chi connectivity index (χ2v) is 5.57. The topological polar surface area (TPSA) is 55.9 Å². The molecular weight excluding hydrogens is 236 g/mol. The fourth-order valence-corrected chi connectivity index (χ4v) is 2.47. The lowest BCUT2D eigenvalue weighted by molar-refractivity contribution is 0.388. The summed E-state index contributed by atoms with van der Waals surface area (Å²) in [5.41, 5.74) is 4.07. The Morgan fingerprint density at radius 2 is 1.95 bits per heavy atom. The summed E-state index contributed by atoms with van der Waals surface area (Å²) in [7, 11) is 0. The number of hydrogen-bond acceptors (Lipinski definition) is 3. The minimum atomic E-state index is 0.319. The molecule has 4 heteroatoms. The molecule has 0 fully saturated rings. The largest absolute Gasteiger partial charge is 0.271 e. The molecule has 0 aliphatic heterocycles. The summed E-state index contributed by atoms with van der Waals surface area (Å²) in [6.45, 7) is 8.92. The number of nitrogens with two attached hydrogens (primary N) is 1. The Kier molecular flexibility index (Phi) is 7.10. The Balaban J connectivity index is 2.60. The molecule has 0 aromatic carbocycles. The molecule has 0 spiro atoms. The van der Waals surface area contributed by atoms with Gasteiger partial charge in [0, 0.05) is 18.7 Å². The first-order chi connectivity index (χ1) is 9.14. The summed E-state index contributed by atoms with van der Waals surface area (Å²) in [4.78, 5) is 0. The van der Waals surface area contributed by atoms with Gasteiger partial charge in [0.05, 0.1) is 11.7 Å². The van der Waals surface area contributed by atoms with Crippen LogP contribution in [0.25, 0.3) is 0 Å². The first kappa shape index (κ1) is 16.2. The molecule has 1 aromatic rings. The third kappa shape index (κ3) is 4.96. The Bertz CT molecular complexity index is 344. The zero-order chi connectivity index (χ0) is 14.3. The van der Waals surface area contributed by atoms with Crippen LogP contribution < -0.4 is 11.3 Å². The molecule has 2 unspecified atom stereocenters. The number of aromatic nitrogens is 2. The average Bonchev–Trinajstić information content (AvgIpc) is 2.87. The van der Waals surface area contributed by atoms with E-state index in [-0.39, 0.29) is 0 Å². The quantitative estimate of drug-likeness (QED) is 0.533. The zero-order valence-electron chi connectivity index (χ0n) is 12.9. The van der Waals surface area contributed by atoms with Crippen molar-refractivity contribution in [3.63, 3.8) is 0 Å². The highest BCUT2D eigenvalue weighted by molar-refractivity contribution is 5.02. The van der Waals surface area contributed by atoms with Crippen LogP contribution in [0.2, 0.25) is 0 Å². The van der Waals surface area contributed by atoms with E-state index >= 15 is 0 Å². The van der Waals surface area contributed by atoms with E-state index in [9.17, 15) is 0 Å². The van der Waals surface area contributed by atoms with Crippen molar-refractivity contribution in [3.8, 4) is 0 Å². The van der Waals surface area contributed by atoms with Crippen molar-refractivity contribution < 1.29 is 0 Å². The Morgan fingerprint density at radius 1 is 1.26 bits per heavy atom. The number of hydrazine groups is 1. The maximum absolute atomic E-state index is 5.66. The molecule has 1 rings (SSSR count). The second kappa shape index (κ2) is 8.33. The van der Waals surface area contributed by atoms with Gasteiger partial charge in [-0.05, 0) is 31.2 Å². The van der Waals surface area contributed by atoms with E-state index in [0.29, 0.717) is 18.0 Å². The van der Waals surface area contributed by atoms with E-state index in [1.54, 1.807) is 0 Å². The predicted octanol–water partition coefficient (Wildman–Crippen LogP) is 3.05. The lowest BCUT2D eigenvalue weighted by Crippen LogP contribution is -2.38. The summed E-state index contributed by atoms with van der Waals surface area (Å²) in [5, 5.41) is 4.69. The smallest absolute Gasteiger partial charge is 0.0640 e. The minimum absolute atomic E-state index is 0.319. The lowest BCUT2D eigenvalue weighted by Gasteiger charge is -2.18. The highest BCUT2D eigenvalue weighted by atomic mass is 15.3. The van der Waals surface area contributed by atoms with Crippen LogP contribution in [0.15, 0.2) is 12.3 Å². The van der Waals surface area contributed by atoms with E-state index in [2.05, 4.69) is 50.1 Å². The maximum atomic E-state index is 5.66. The lowest BCUT2D eigenvalue weighted by atomic mass is 9.97. The van der Waals surface area contributed by atoms with Crippen LogP contribution in [0.3, 0.4) is 0 Å². The first-order valence-corrected chi connectivity index (χ1v) is 7.64. The monoisotopic (exact) mass is 266 g/mol. The van der Waals surface area contributed by atoms with E-state index in [4.69, 9.17) is 10.9 Å². The molecule has 0 aliphatic rings. The van der Waals surface area contributed by atoms with E-state index in [1.807, 2.05) is 0 Å². The van der Waals surface area contributed by atoms with E-state index in [1.165, 1.54) is 6.42 Å². The van der Waals surface area contributed by atoms with Gasteiger partial charge in [-0.15, -0.1) is 0 Å². The SMILES string of the molecule is CCC(C)CC(Cc1ccn(C(CC)CC)n1)NN. The zero-order valence-corrected chi connectivity index (χ0v) is 12.9. The minimum Gasteiger partial charge on any atom is -0.271 e. The van der Waals surface area contributed by atoms with Crippen LogP contribution in [-0.4, -0.2) is 15.8 Å². The molecule has 19 heavy (non-hydrogen) atoms. The van der Waals surface area contributed by atoms with Gasteiger partial charge < -0.3 is 0 Å². The Labute approximate surface area is 117 Å². The molecule has 1 heterocycles. The molecule has 1 aromatic heterocycles. The van der Waals surface area contributed by atoms with Crippen molar-refractivity contribution in [2.45, 2.75) is 71.9 Å². The van der Waals surface area contributed by atoms with Gasteiger partial charge in [0.2, 0.25) is 0 Å². The van der Waals surface area contributed by atoms with Crippen molar-refractivity contribution in [3.05, 3.63) is 18.0 Å². The van der Waals surface area contributed by atoms with Gasteiger partial charge in [-0.25, -0.2) is 0 Å². The highest BCUT2D eigenvalue weighted by Crippen LogP contribution is 2.16. The molecule has 0 radical (unpaired) electrons. The van der Waals surface area contributed by atoms with Crippen molar-refractivity contribution >= 4 is 0 Å². The molecule has 0 bridgehead atoms. The molecule has 110 valence electrons. The molecule has 0 amide bonds. The molecule has 0 saturated carbocycles. The van der Waals surface area contributed by atoms with Crippen LogP contribution in [0.5, 0.6) is 0 Å². The number of nitrogens with one attached hydrogen (secondary N) is 1. The van der Waals surface area contributed by atoms with Crippen molar-refractivity contribution in [2.24, 2.45) is 11.8 Å². The summed E-state index contributed by atoms with van der Waals surface area (Å²) in [6, 6.07) is 2.96. The van der Waals surface area contributed by atoms with Crippen LogP contribution in [0, 0.1) is 5.92 Å². The van der Waals surface area contributed by atoms with Gasteiger partial charge in [0.25, 0.3) is 0 Å². The maximum Gasteiger partial charge on any atom is 0.0640 e. The molecule has 3 N–H and O–H groups in total. The Morgan fingerprint density at radius 3 is 2.47 bits per heavy atom. The fraction of sp³-hybridized carbons (Fsp3) is 0.800. The van der Waals surface area contributed by atoms with Crippen LogP contribution in [-0.2, 0) is 6.42 Å². The summed E-state index contributed by atoms with van der Waals surface area (Å²) < 4.78 is 2.10. The number of rotatable bonds is 9. The standard InChI is InChI=1S/C15H30N4/c1-5-12(4)10-14(17-16)11-13-8-9-19(18-13)15(6-2)7-3/h8-9,12,14-15,17H,5-7,10-11,16H2,1-4H3. The van der Waals surface area contributed by atoms with Crippen molar-refractivity contribution in [1.29, 1.82) is 0 Å². The fourth-order valence-electron chi connectivity index (χ4n) is 2.47. The third-order valence-corrected chi connectivity index (χ3v) is 4.06. The molecule has 0 saturated heterocycles. The van der Waals surface area contributed by atoms with Gasteiger partial charge in [-0.1, -0.05) is 34.1 Å². The van der Waals surface area contributed by atoms with Crippen LogP contribution >= 0.6 is 0 Å². The van der Waals surface area contributed by atoms with E-state index in [0.717, 1.165) is 31.4 Å². The summed E-state index contributed by atoms with van der Waals surface area (Å²) in [6.07, 6.45) is 7.56. The molecular formula is C15H30N4. The first-order valence-electron chi connectivity index (χ1n) is 7.64. The normalized spacial score (nSPS) is 14.8. The van der Waals surface area contributed by atoms with Crippen LogP contribution in [0.1, 0.15) is 65.1 Å². The third-order valence-electron chi connectivity index (χ3n) is 4.06. The van der Waals surface area contributed by atoms with Crippen molar-refractivity contribution in [2.75, 3.05) is 0 Å². The average molecular weight is 266 g/mol. The summed E-state index contributed by atoms with van der Waals surface area (Å²) >= 11 is 0. The highest BCUT2D eigenvalue weighted by Gasteiger charge is 2.14. The van der Waals surface area contributed by atoms with Crippen LogP contribution in [0.4, 0.5) is 0 Å². The van der Waals surface area contributed by atoms with E-state index < -0.39 is 0 Å². The Hall–Kier alpha value is -0.870. The molecule has 4 nitrogen and oxygen atoms in total. The van der Waals surface area contributed by atoms with Gasteiger partial charge >= 0.3 is 0 Å². The van der Waals surface area contributed by atoms with Gasteiger partial charge in [0.15, 0.2) is 0 Å². The van der Waals surface area contributed by atoms with Crippen molar-refractivity contribution in [1.82, 2.24) is 15.2 Å². The van der Waals surface area contributed by atoms with Gasteiger partial charge in [-0.2, -0.15) is 5.10 Å². The molecule has 0 aliphatic carbocycles. The number of nitrogens with zero attached hydrogens (tertiary/aromatic N) is 2. The molecule has 2 atom stereocenters. The second-order valence-electron chi connectivity index (χ2n) is 5.57. The predicted molar refractivity (Wildman–Crippen MR) is 80.7 cm³/mol. The summed E-state index contributed by atoms with van der Waals surface area (Å²) in [5.74, 6) is 6.35. The van der Waals surface area contributed by atoms with Gasteiger partial charge in [-0.3, -0.25) is 16.0 Å².